The van der Waals surface area contributed by atoms with Gasteiger partial charge in [-0.15, -0.1) is 0 Å². The first-order chi connectivity index (χ1) is 8.16. The number of hydrogen-bond acceptors (Lipinski definition) is 2. The van der Waals surface area contributed by atoms with Gasteiger partial charge in [-0.05, 0) is 63.6 Å². The zero-order valence-electron chi connectivity index (χ0n) is 10.1. The second-order valence-corrected chi connectivity index (χ2v) is 6.48. The summed E-state index contributed by atoms with van der Waals surface area (Å²) in [7, 11) is 0. The Morgan fingerprint density at radius 2 is 2.06 bits per heavy atom. The van der Waals surface area contributed by atoms with E-state index in [0.717, 1.165) is 27.4 Å². The van der Waals surface area contributed by atoms with E-state index in [0.29, 0.717) is 6.04 Å². The molecule has 1 saturated carbocycles. The van der Waals surface area contributed by atoms with Crippen molar-refractivity contribution in [2.45, 2.75) is 51.6 Å². The van der Waals surface area contributed by atoms with Gasteiger partial charge in [-0.25, -0.2) is 0 Å². The number of halogens is 2. The summed E-state index contributed by atoms with van der Waals surface area (Å²) in [4.78, 5) is 0. The molecule has 0 amide bonds. The van der Waals surface area contributed by atoms with Gasteiger partial charge in [-0.2, -0.15) is 0 Å². The molecule has 1 aliphatic rings. The Kier molecular flexibility index (Phi) is 5.12. The molecule has 0 aromatic carbocycles. The summed E-state index contributed by atoms with van der Waals surface area (Å²) in [6, 6.07) is 2.60. The molecule has 0 unspecified atom stereocenters. The van der Waals surface area contributed by atoms with Crippen molar-refractivity contribution >= 4 is 31.9 Å². The Hall–Kier alpha value is 0.200. The topological polar surface area (TPSA) is 25.2 Å². The van der Waals surface area contributed by atoms with Gasteiger partial charge in [-0.3, -0.25) is 0 Å². The average Bonchev–Trinajstić information content (AvgIpc) is 2.67. The van der Waals surface area contributed by atoms with E-state index >= 15 is 0 Å². The predicted octanol–water partition coefficient (Wildman–Crippen LogP) is 4.86. The van der Waals surface area contributed by atoms with Crippen LogP contribution in [0.3, 0.4) is 0 Å². The Balaban J connectivity index is 1.80. The molecule has 1 aromatic rings. The number of nitrogens with one attached hydrogen (secondary N) is 1. The molecular weight excluding hydrogens is 346 g/mol. The van der Waals surface area contributed by atoms with Crippen molar-refractivity contribution in [1.82, 2.24) is 5.32 Å². The third-order valence-corrected chi connectivity index (χ3v) is 5.36. The van der Waals surface area contributed by atoms with Crippen LogP contribution in [0.15, 0.2) is 19.6 Å². The molecule has 0 aliphatic heterocycles. The zero-order valence-corrected chi connectivity index (χ0v) is 13.3. The summed E-state index contributed by atoms with van der Waals surface area (Å²) in [6.07, 6.45) is 6.96. The molecule has 0 spiro atoms. The summed E-state index contributed by atoms with van der Waals surface area (Å²) in [5.41, 5.74) is 0. The van der Waals surface area contributed by atoms with Gasteiger partial charge in [0.15, 0.2) is 4.67 Å². The van der Waals surface area contributed by atoms with Crippen LogP contribution in [0.2, 0.25) is 0 Å². The maximum atomic E-state index is 5.56. The van der Waals surface area contributed by atoms with Crippen molar-refractivity contribution in [3.63, 3.8) is 0 Å². The van der Waals surface area contributed by atoms with E-state index in [1.165, 1.54) is 32.1 Å². The van der Waals surface area contributed by atoms with E-state index in [2.05, 4.69) is 44.1 Å². The minimum atomic E-state index is 0.581. The molecule has 1 aromatic heterocycles. The number of furan rings is 1. The van der Waals surface area contributed by atoms with E-state index < -0.39 is 0 Å². The van der Waals surface area contributed by atoms with Crippen molar-refractivity contribution < 1.29 is 4.42 Å². The first-order valence-electron chi connectivity index (χ1n) is 6.34. The van der Waals surface area contributed by atoms with Gasteiger partial charge in [-0.1, -0.05) is 19.3 Å². The van der Waals surface area contributed by atoms with Crippen molar-refractivity contribution in [2.75, 3.05) is 0 Å². The van der Waals surface area contributed by atoms with Crippen LogP contribution in [-0.2, 0) is 6.54 Å². The maximum Gasteiger partial charge on any atom is 0.183 e. The van der Waals surface area contributed by atoms with E-state index in [1.807, 2.05) is 6.07 Å². The highest BCUT2D eigenvalue weighted by Gasteiger charge is 2.19. The van der Waals surface area contributed by atoms with Crippen LogP contribution in [0.4, 0.5) is 0 Å². The maximum absolute atomic E-state index is 5.56. The van der Waals surface area contributed by atoms with Gasteiger partial charge in [0.1, 0.15) is 5.76 Å². The molecule has 1 N–H and O–H groups in total. The number of rotatable bonds is 4. The first kappa shape index (κ1) is 13.6. The summed E-state index contributed by atoms with van der Waals surface area (Å²) in [5, 5.41) is 3.57. The molecule has 0 bridgehead atoms. The molecular formula is C13H19Br2NO. The van der Waals surface area contributed by atoms with Gasteiger partial charge >= 0.3 is 0 Å². The molecule has 2 nitrogen and oxygen atoms in total. The molecule has 4 heteroatoms. The Morgan fingerprint density at radius 1 is 1.35 bits per heavy atom. The standard InChI is InChI=1S/C13H19Br2NO/c1-9(10-5-3-2-4-6-10)16-8-11-7-12(14)13(15)17-11/h7,9-10,16H,2-6,8H2,1H3/t9-/m0/s1. The molecule has 0 radical (unpaired) electrons. The lowest BCUT2D eigenvalue weighted by Crippen LogP contribution is -2.34. The normalized spacial score (nSPS) is 19.5. The molecule has 1 atom stereocenters. The van der Waals surface area contributed by atoms with Crippen LogP contribution in [0.5, 0.6) is 0 Å². The minimum absolute atomic E-state index is 0.581. The van der Waals surface area contributed by atoms with Gasteiger partial charge in [0.25, 0.3) is 0 Å². The Bertz CT molecular complexity index is 339. The molecule has 2 rings (SSSR count). The Morgan fingerprint density at radius 3 is 2.65 bits per heavy atom. The highest BCUT2D eigenvalue weighted by molar-refractivity contribution is 9.13. The quantitative estimate of drug-likeness (QED) is 0.824. The monoisotopic (exact) mass is 363 g/mol. The largest absolute Gasteiger partial charge is 0.452 e. The van der Waals surface area contributed by atoms with E-state index in [4.69, 9.17) is 4.42 Å². The van der Waals surface area contributed by atoms with Crippen molar-refractivity contribution in [2.24, 2.45) is 5.92 Å². The highest BCUT2D eigenvalue weighted by atomic mass is 79.9. The van der Waals surface area contributed by atoms with Gasteiger partial charge in [0.05, 0.1) is 11.0 Å². The fourth-order valence-electron chi connectivity index (χ4n) is 2.54. The van der Waals surface area contributed by atoms with Gasteiger partial charge < -0.3 is 9.73 Å². The third-order valence-electron chi connectivity index (χ3n) is 3.65. The molecule has 96 valence electrons. The first-order valence-corrected chi connectivity index (χ1v) is 7.92. The fraction of sp³-hybridized carbons (Fsp3) is 0.692. The lowest BCUT2D eigenvalue weighted by Gasteiger charge is -2.28. The summed E-state index contributed by atoms with van der Waals surface area (Å²) >= 11 is 6.79. The van der Waals surface area contributed by atoms with Crippen LogP contribution in [0.25, 0.3) is 0 Å². The van der Waals surface area contributed by atoms with Gasteiger partial charge in [0.2, 0.25) is 0 Å². The average molecular weight is 365 g/mol. The fourth-order valence-corrected chi connectivity index (χ4v) is 3.20. The Labute approximate surface area is 120 Å². The molecule has 1 fully saturated rings. The third kappa shape index (κ3) is 3.83. The lowest BCUT2D eigenvalue weighted by atomic mass is 9.84. The smallest absolute Gasteiger partial charge is 0.183 e. The van der Waals surface area contributed by atoms with Crippen LogP contribution < -0.4 is 5.32 Å². The van der Waals surface area contributed by atoms with Crippen molar-refractivity contribution in [3.05, 3.63) is 21.0 Å². The minimum Gasteiger partial charge on any atom is -0.452 e. The van der Waals surface area contributed by atoms with E-state index in [1.54, 1.807) is 0 Å². The second kappa shape index (κ2) is 6.39. The van der Waals surface area contributed by atoms with E-state index in [9.17, 15) is 0 Å². The summed E-state index contributed by atoms with van der Waals surface area (Å²) in [5.74, 6) is 1.82. The van der Waals surface area contributed by atoms with Gasteiger partial charge in [0, 0.05) is 6.04 Å². The SMILES string of the molecule is C[C@H](NCc1cc(Br)c(Br)o1)C1CCCCC1. The van der Waals surface area contributed by atoms with Crippen LogP contribution in [0, 0.1) is 5.92 Å². The van der Waals surface area contributed by atoms with E-state index in [-0.39, 0.29) is 0 Å². The molecule has 0 saturated heterocycles. The van der Waals surface area contributed by atoms with Crippen LogP contribution in [0.1, 0.15) is 44.8 Å². The summed E-state index contributed by atoms with van der Waals surface area (Å²) in [6.45, 7) is 3.10. The molecule has 1 heterocycles. The molecule has 17 heavy (non-hydrogen) atoms. The second-order valence-electron chi connectivity index (χ2n) is 4.90. The molecule has 1 aliphatic carbocycles. The van der Waals surface area contributed by atoms with Crippen LogP contribution >= 0.6 is 31.9 Å². The predicted molar refractivity (Wildman–Crippen MR) is 77.0 cm³/mol. The van der Waals surface area contributed by atoms with Crippen LogP contribution in [-0.4, -0.2) is 6.04 Å². The van der Waals surface area contributed by atoms with Crippen molar-refractivity contribution in [1.29, 1.82) is 0 Å². The lowest BCUT2D eigenvalue weighted by molar-refractivity contribution is 0.275. The highest BCUT2D eigenvalue weighted by Crippen LogP contribution is 2.28. The number of hydrogen-bond donors (Lipinski definition) is 1. The summed E-state index contributed by atoms with van der Waals surface area (Å²) < 4.78 is 7.32. The zero-order chi connectivity index (χ0) is 12.3. The van der Waals surface area contributed by atoms with Crippen molar-refractivity contribution in [3.8, 4) is 0 Å².